The summed E-state index contributed by atoms with van der Waals surface area (Å²) >= 11 is 0. The molecule has 5 heteroatoms. The normalized spacial score (nSPS) is 12.2. The summed E-state index contributed by atoms with van der Waals surface area (Å²) in [7, 11) is 1.62. The van der Waals surface area contributed by atoms with E-state index < -0.39 is 11.8 Å². The molecule has 0 amide bonds. The molecule has 0 bridgehead atoms. The number of nitrogens with one attached hydrogen (secondary N) is 1. The Labute approximate surface area is 99.4 Å². The van der Waals surface area contributed by atoms with E-state index in [0.29, 0.717) is 24.8 Å². The van der Waals surface area contributed by atoms with Gasteiger partial charge in [-0.15, -0.1) is 0 Å². The Bertz CT molecular complexity index is 395. The van der Waals surface area contributed by atoms with Crippen molar-refractivity contribution in [1.82, 2.24) is 0 Å². The minimum absolute atomic E-state index is 0.290. The fraction of sp³-hybridized carbons (Fsp3) is 0.417. The highest BCUT2D eigenvalue weighted by Gasteiger charge is 2.11. The van der Waals surface area contributed by atoms with Crippen molar-refractivity contribution in [1.29, 1.82) is 0 Å². The van der Waals surface area contributed by atoms with Gasteiger partial charge in [-0.05, 0) is 24.1 Å². The Balaban J connectivity index is 2.66. The van der Waals surface area contributed by atoms with E-state index in [2.05, 4.69) is 5.32 Å². The highest BCUT2D eigenvalue weighted by molar-refractivity contribution is 5.89. The van der Waals surface area contributed by atoms with E-state index >= 15 is 0 Å². The van der Waals surface area contributed by atoms with Gasteiger partial charge in [0.1, 0.15) is 5.82 Å². The lowest BCUT2D eigenvalue weighted by Gasteiger charge is -2.13. The second kappa shape index (κ2) is 6.20. The number of rotatable bonds is 6. The molecule has 1 aromatic carbocycles. The minimum atomic E-state index is -1.27. The van der Waals surface area contributed by atoms with Crippen molar-refractivity contribution >= 4 is 11.7 Å². The molecular formula is C12H16FNO3. The van der Waals surface area contributed by atoms with E-state index in [1.54, 1.807) is 7.11 Å². The predicted molar refractivity (Wildman–Crippen MR) is 62.9 cm³/mol. The van der Waals surface area contributed by atoms with Crippen LogP contribution >= 0.6 is 0 Å². The summed E-state index contributed by atoms with van der Waals surface area (Å²) in [6.07, 6.45) is 0. The molecule has 0 spiro atoms. The van der Waals surface area contributed by atoms with Gasteiger partial charge < -0.3 is 15.2 Å². The minimum Gasteiger partial charge on any atom is -0.478 e. The molecule has 0 saturated heterocycles. The molecular weight excluding hydrogens is 225 g/mol. The molecule has 0 aliphatic rings. The number of hydrogen-bond acceptors (Lipinski definition) is 3. The third kappa shape index (κ3) is 4.03. The van der Waals surface area contributed by atoms with Gasteiger partial charge in [0.15, 0.2) is 0 Å². The average molecular weight is 241 g/mol. The van der Waals surface area contributed by atoms with E-state index in [4.69, 9.17) is 9.84 Å². The molecule has 1 unspecified atom stereocenters. The molecule has 1 atom stereocenters. The Hall–Kier alpha value is -1.62. The highest BCUT2D eigenvalue weighted by Crippen LogP contribution is 2.15. The van der Waals surface area contributed by atoms with Crippen LogP contribution in [0.25, 0.3) is 0 Å². The van der Waals surface area contributed by atoms with Crippen molar-refractivity contribution < 1.29 is 19.0 Å². The summed E-state index contributed by atoms with van der Waals surface area (Å²) in [6, 6.07) is 3.95. The largest absolute Gasteiger partial charge is 0.478 e. The summed E-state index contributed by atoms with van der Waals surface area (Å²) in [6.45, 7) is 3.25. The number of ether oxygens (including phenoxy) is 1. The van der Waals surface area contributed by atoms with Crippen molar-refractivity contribution in [3.63, 3.8) is 0 Å². The summed E-state index contributed by atoms with van der Waals surface area (Å²) in [4.78, 5) is 10.7. The van der Waals surface area contributed by atoms with Gasteiger partial charge >= 0.3 is 5.97 Å². The third-order valence-electron chi connectivity index (χ3n) is 2.30. The SMILES string of the molecule is COCC(C)CNc1ccc(F)c(C(=O)O)c1. The standard InChI is InChI=1S/C12H16FNO3/c1-8(7-17-2)6-14-9-3-4-11(13)10(5-9)12(15)16/h3-5,8,14H,6-7H2,1-2H3,(H,15,16). The first-order valence-electron chi connectivity index (χ1n) is 5.30. The molecule has 4 nitrogen and oxygen atoms in total. The molecule has 0 aromatic heterocycles. The Morgan fingerprint density at radius 2 is 2.29 bits per heavy atom. The van der Waals surface area contributed by atoms with Crippen molar-refractivity contribution in [2.45, 2.75) is 6.92 Å². The summed E-state index contributed by atoms with van der Waals surface area (Å²) < 4.78 is 18.1. The number of carboxylic acid groups (broad SMARTS) is 1. The summed E-state index contributed by atoms with van der Waals surface area (Å²) in [5.41, 5.74) is 0.265. The molecule has 0 aliphatic carbocycles. The van der Waals surface area contributed by atoms with E-state index in [1.165, 1.54) is 12.1 Å². The first kappa shape index (κ1) is 13.4. The molecule has 94 valence electrons. The first-order chi connectivity index (χ1) is 8.04. The second-order valence-electron chi connectivity index (χ2n) is 3.94. The molecule has 2 N–H and O–H groups in total. The van der Waals surface area contributed by atoms with Crippen LogP contribution in [0.2, 0.25) is 0 Å². The van der Waals surface area contributed by atoms with Crippen LogP contribution in [-0.4, -0.2) is 31.3 Å². The maximum absolute atomic E-state index is 13.1. The number of benzene rings is 1. The number of anilines is 1. The molecule has 0 fully saturated rings. The average Bonchev–Trinajstić information content (AvgIpc) is 2.28. The van der Waals surface area contributed by atoms with Crippen LogP contribution in [0, 0.1) is 11.7 Å². The van der Waals surface area contributed by atoms with Gasteiger partial charge in [-0.25, -0.2) is 9.18 Å². The van der Waals surface area contributed by atoms with E-state index in [9.17, 15) is 9.18 Å². The van der Waals surface area contributed by atoms with E-state index in [1.807, 2.05) is 6.92 Å². The highest BCUT2D eigenvalue weighted by atomic mass is 19.1. The monoisotopic (exact) mass is 241 g/mol. The zero-order valence-electron chi connectivity index (χ0n) is 9.87. The summed E-state index contributed by atoms with van der Waals surface area (Å²) in [5.74, 6) is -1.71. The smallest absolute Gasteiger partial charge is 0.338 e. The van der Waals surface area contributed by atoms with Crippen LogP contribution in [0.15, 0.2) is 18.2 Å². The second-order valence-corrected chi connectivity index (χ2v) is 3.94. The number of aromatic carboxylic acids is 1. The van der Waals surface area contributed by atoms with Crippen LogP contribution in [-0.2, 0) is 4.74 Å². The molecule has 0 radical (unpaired) electrons. The molecule has 0 saturated carbocycles. The molecule has 1 aromatic rings. The van der Waals surface area contributed by atoms with E-state index in [0.717, 1.165) is 6.07 Å². The maximum Gasteiger partial charge on any atom is 0.338 e. The topological polar surface area (TPSA) is 58.6 Å². The maximum atomic E-state index is 13.1. The Morgan fingerprint density at radius 1 is 1.59 bits per heavy atom. The van der Waals surface area contributed by atoms with Crippen molar-refractivity contribution in [2.24, 2.45) is 5.92 Å². The van der Waals surface area contributed by atoms with Gasteiger partial charge in [0.05, 0.1) is 12.2 Å². The van der Waals surface area contributed by atoms with Gasteiger partial charge in [0, 0.05) is 19.3 Å². The molecule has 0 aliphatic heterocycles. The molecule has 1 rings (SSSR count). The number of methoxy groups -OCH3 is 1. The molecule has 17 heavy (non-hydrogen) atoms. The van der Waals surface area contributed by atoms with Crippen LogP contribution < -0.4 is 5.32 Å². The van der Waals surface area contributed by atoms with Gasteiger partial charge in [0.2, 0.25) is 0 Å². The van der Waals surface area contributed by atoms with Crippen LogP contribution in [0.4, 0.5) is 10.1 Å². The Kier molecular flexibility index (Phi) is 4.90. The quantitative estimate of drug-likeness (QED) is 0.801. The number of carbonyl (C=O) groups is 1. The lowest BCUT2D eigenvalue weighted by Crippen LogP contribution is -2.16. The van der Waals surface area contributed by atoms with Gasteiger partial charge in [-0.3, -0.25) is 0 Å². The fourth-order valence-corrected chi connectivity index (χ4v) is 1.43. The molecule has 0 heterocycles. The van der Waals surface area contributed by atoms with Crippen LogP contribution in [0.5, 0.6) is 0 Å². The van der Waals surface area contributed by atoms with Gasteiger partial charge in [-0.2, -0.15) is 0 Å². The number of carboxylic acids is 1. The predicted octanol–water partition coefficient (Wildman–Crippen LogP) is 2.22. The fourth-order valence-electron chi connectivity index (χ4n) is 1.43. The van der Waals surface area contributed by atoms with Gasteiger partial charge in [0.25, 0.3) is 0 Å². The van der Waals surface area contributed by atoms with Gasteiger partial charge in [-0.1, -0.05) is 6.92 Å². The number of hydrogen-bond donors (Lipinski definition) is 2. The zero-order chi connectivity index (χ0) is 12.8. The lowest BCUT2D eigenvalue weighted by atomic mass is 10.1. The van der Waals surface area contributed by atoms with Crippen LogP contribution in [0.1, 0.15) is 17.3 Å². The van der Waals surface area contributed by atoms with Crippen molar-refractivity contribution in [3.8, 4) is 0 Å². The number of halogens is 1. The van der Waals surface area contributed by atoms with Crippen molar-refractivity contribution in [3.05, 3.63) is 29.6 Å². The van der Waals surface area contributed by atoms with Crippen LogP contribution in [0.3, 0.4) is 0 Å². The Morgan fingerprint density at radius 3 is 2.88 bits per heavy atom. The zero-order valence-corrected chi connectivity index (χ0v) is 9.87. The first-order valence-corrected chi connectivity index (χ1v) is 5.30. The lowest BCUT2D eigenvalue weighted by molar-refractivity contribution is 0.0692. The van der Waals surface area contributed by atoms with Crippen molar-refractivity contribution in [2.75, 3.05) is 25.6 Å². The summed E-state index contributed by atoms with van der Waals surface area (Å²) in [5, 5.41) is 11.8. The third-order valence-corrected chi connectivity index (χ3v) is 2.30. The van der Waals surface area contributed by atoms with E-state index in [-0.39, 0.29) is 5.56 Å².